The molecular formula is C43H67FN7O6P. The molecule has 1 aliphatic rings. The number of fused-ring (bicyclic) bond motifs is 1. The number of aromatic nitrogens is 3. The van der Waals surface area contributed by atoms with E-state index < -0.39 is 31.3 Å². The fourth-order valence-electron chi connectivity index (χ4n) is 7.74. The fourth-order valence-corrected chi connectivity index (χ4v) is 8.83. The van der Waals surface area contributed by atoms with Crippen molar-refractivity contribution in [1.82, 2.24) is 19.5 Å². The number of amides is 1. The number of nitrogens with zero attached hydrogens (tertiary/aromatic N) is 5. The summed E-state index contributed by atoms with van der Waals surface area (Å²) >= 11 is 0. The number of nitrogen functional groups attached to an aromatic ring is 1. The molecule has 0 bridgehead atoms. The van der Waals surface area contributed by atoms with Gasteiger partial charge in [-0.1, -0.05) is 110 Å². The van der Waals surface area contributed by atoms with Crippen LogP contribution in [-0.4, -0.2) is 68.9 Å². The van der Waals surface area contributed by atoms with Gasteiger partial charge < -0.3 is 29.5 Å². The standard InChI is InChI=1S/C43H67FN7O6P/c1-4-5-6-7-8-9-10-11-12-13-14-15-16-17-18-19-23-50(3)42(52)39(55-30-35-26-34(29-45)27-36(44)28-35)22-24-58(53,54)56-31-37-25-33(2)43(47,57-37)40-21-20-38-41(46)48-32-49-51(38)40/h20-21,26-28,32-33,37,39H,4-19,22-25,30-31,47H2,1-3H3,(H,53,54)(H2,46,48,49)/t33-,37+,39+,43-/m1/s1. The van der Waals surface area contributed by atoms with Crippen LogP contribution in [0.15, 0.2) is 36.7 Å². The van der Waals surface area contributed by atoms with E-state index in [0.717, 1.165) is 25.3 Å². The minimum absolute atomic E-state index is 0.115. The lowest BCUT2D eigenvalue weighted by atomic mass is 9.94. The van der Waals surface area contributed by atoms with Crippen LogP contribution in [0.5, 0.6) is 0 Å². The van der Waals surface area contributed by atoms with Gasteiger partial charge in [-0.15, -0.1) is 0 Å². The predicted molar refractivity (Wildman–Crippen MR) is 224 cm³/mol. The molecule has 0 aliphatic carbocycles. The van der Waals surface area contributed by atoms with Gasteiger partial charge in [-0.2, -0.15) is 10.4 Å². The molecular weight excluding hydrogens is 760 g/mol. The second-order valence-electron chi connectivity index (χ2n) is 16.1. The Morgan fingerprint density at radius 3 is 2.31 bits per heavy atom. The summed E-state index contributed by atoms with van der Waals surface area (Å²) in [7, 11) is -2.53. The Morgan fingerprint density at radius 2 is 1.69 bits per heavy atom. The van der Waals surface area contributed by atoms with Crippen LogP contribution in [0.2, 0.25) is 0 Å². The topological polar surface area (TPSA) is 191 Å². The SMILES string of the molecule is CCCCCCCCCCCCCCCCCCN(C)C(=O)[C@H](CCP(=O)(O)OC[C@@H]1C[C@@H](C)[C@](N)(c2ccc3c(N)ncnn23)O1)OCc1cc(F)cc(C#N)c1. The molecule has 1 aliphatic heterocycles. The average Bonchev–Trinajstić information content (AvgIpc) is 3.78. The lowest BCUT2D eigenvalue weighted by Crippen LogP contribution is -2.43. The third kappa shape index (κ3) is 14.7. The largest absolute Gasteiger partial charge is 0.382 e. The molecule has 15 heteroatoms. The molecule has 0 saturated carbocycles. The van der Waals surface area contributed by atoms with Crippen LogP contribution in [0.1, 0.15) is 146 Å². The first-order valence-corrected chi connectivity index (χ1v) is 23.2. The summed E-state index contributed by atoms with van der Waals surface area (Å²) in [5.74, 6) is -0.839. The van der Waals surface area contributed by atoms with Gasteiger partial charge in [0.15, 0.2) is 11.5 Å². The normalized spacial score (nSPS) is 19.6. The highest BCUT2D eigenvalue weighted by Crippen LogP contribution is 2.46. The Kier molecular flexibility index (Phi) is 19.5. The zero-order chi connectivity index (χ0) is 42.0. The highest BCUT2D eigenvalue weighted by atomic mass is 31.2. The van der Waals surface area contributed by atoms with E-state index in [0.29, 0.717) is 35.6 Å². The average molecular weight is 828 g/mol. The number of nitriles is 1. The molecule has 0 spiro atoms. The number of carbonyl (C=O) groups is 1. The molecule has 1 fully saturated rings. The van der Waals surface area contributed by atoms with E-state index in [9.17, 15) is 23.9 Å². The van der Waals surface area contributed by atoms with Crippen molar-refractivity contribution >= 4 is 24.8 Å². The number of rotatable bonds is 28. The Labute approximate surface area is 344 Å². The zero-order valence-electron chi connectivity index (χ0n) is 35.0. The van der Waals surface area contributed by atoms with Gasteiger partial charge in [0, 0.05) is 19.5 Å². The smallest absolute Gasteiger partial charge is 0.328 e. The predicted octanol–water partition coefficient (Wildman–Crippen LogP) is 8.76. The van der Waals surface area contributed by atoms with Crippen molar-refractivity contribution in [3.8, 4) is 6.07 Å². The van der Waals surface area contributed by atoms with E-state index in [1.54, 1.807) is 28.6 Å². The van der Waals surface area contributed by atoms with Crippen LogP contribution in [0.25, 0.3) is 5.52 Å². The van der Waals surface area contributed by atoms with Gasteiger partial charge in [0.05, 0.1) is 42.8 Å². The lowest BCUT2D eigenvalue weighted by molar-refractivity contribution is -0.143. The van der Waals surface area contributed by atoms with Gasteiger partial charge in [-0.05, 0) is 55.2 Å². The molecule has 3 aromatic rings. The summed E-state index contributed by atoms with van der Waals surface area (Å²) in [6, 6.07) is 9.30. The third-order valence-corrected chi connectivity index (χ3v) is 12.6. The molecule has 1 amide bonds. The van der Waals surface area contributed by atoms with Gasteiger partial charge in [-0.25, -0.2) is 13.9 Å². The Bertz CT molecular complexity index is 1810. The van der Waals surface area contributed by atoms with Crippen LogP contribution in [0.3, 0.4) is 0 Å². The molecule has 3 heterocycles. The van der Waals surface area contributed by atoms with E-state index in [1.165, 1.54) is 102 Å². The summed E-state index contributed by atoms with van der Waals surface area (Å²) in [5, 5.41) is 13.6. The number of nitrogens with two attached hydrogens (primary N) is 2. The van der Waals surface area contributed by atoms with Gasteiger partial charge in [0.25, 0.3) is 5.91 Å². The Morgan fingerprint density at radius 1 is 1.07 bits per heavy atom. The fraction of sp³-hybridized carbons (Fsp3) is 0.674. The lowest BCUT2D eigenvalue weighted by Gasteiger charge is -2.28. The van der Waals surface area contributed by atoms with Crippen LogP contribution in [0, 0.1) is 23.1 Å². The van der Waals surface area contributed by atoms with E-state index in [1.807, 2.05) is 13.0 Å². The van der Waals surface area contributed by atoms with Crippen molar-refractivity contribution in [3.05, 3.63) is 59.3 Å². The van der Waals surface area contributed by atoms with Gasteiger partial charge in [0.1, 0.15) is 23.8 Å². The monoisotopic (exact) mass is 827 g/mol. The number of unbranched alkanes of at least 4 members (excludes halogenated alkanes) is 15. The Hall–Kier alpha value is -3.44. The summed E-state index contributed by atoms with van der Waals surface area (Å²) in [5.41, 5.74) is 13.2. The minimum atomic E-state index is -4.22. The van der Waals surface area contributed by atoms with Gasteiger partial charge >= 0.3 is 7.60 Å². The maximum Gasteiger partial charge on any atom is 0.328 e. The highest BCUT2D eigenvalue weighted by Gasteiger charge is 2.47. The number of anilines is 1. The number of hydrogen-bond acceptors (Lipinski definition) is 10. The third-order valence-electron chi connectivity index (χ3n) is 11.3. The number of halogens is 1. The number of carbonyl (C=O) groups excluding carboxylic acids is 1. The maximum atomic E-state index is 14.2. The Balaban J connectivity index is 1.22. The van der Waals surface area contributed by atoms with Crippen LogP contribution in [0.4, 0.5) is 10.2 Å². The van der Waals surface area contributed by atoms with E-state index >= 15 is 0 Å². The van der Waals surface area contributed by atoms with Crippen molar-refractivity contribution in [3.63, 3.8) is 0 Å². The van der Waals surface area contributed by atoms with Crippen molar-refractivity contribution in [2.45, 2.75) is 154 Å². The molecule has 5 N–H and O–H groups in total. The minimum Gasteiger partial charge on any atom is -0.382 e. The second kappa shape index (κ2) is 24.0. The molecule has 13 nitrogen and oxygen atoms in total. The molecule has 5 atom stereocenters. The van der Waals surface area contributed by atoms with Crippen LogP contribution >= 0.6 is 7.60 Å². The van der Waals surface area contributed by atoms with E-state index in [4.69, 9.17) is 25.5 Å². The number of benzene rings is 1. The molecule has 1 unspecified atom stereocenters. The van der Waals surface area contributed by atoms with Crippen LogP contribution < -0.4 is 11.5 Å². The molecule has 322 valence electrons. The maximum absolute atomic E-state index is 14.2. The first-order chi connectivity index (χ1) is 27.9. The van der Waals surface area contributed by atoms with E-state index in [-0.39, 0.29) is 43.2 Å². The summed E-state index contributed by atoms with van der Waals surface area (Å²) in [4.78, 5) is 30.2. The zero-order valence-corrected chi connectivity index (χ0v) is 35.9. The van der Waals surface area contributed by atoms with Gasteiger partial charge in [0.2, 0.25) is 0 Å². The second-order valence-corrected chi connectivity index (χ2v) is 18.1. The molecule has 4 rings (SSSR count). The number of ether oxygens (including phenoxy) is 2. The highest BCUT2D eigenvalue weighted by molar-refractivity contribution is 7.52. The summed E-state index contributed by atoms with van der Waals surface area (Å²) in [6.07, 6.45) is 19.7. The molecule has 0 radical (unpaired) electrons. The number of likely N-dealkylation sites (N-methyl/N-ethyl adjacent to an activating group) is 1. The molecule has 58 heavy (non-hydrogen) atoms. The van der Waals surface area contributed by atoms with Gasteiger partial charge in [-0.3, -0.25) is 15.1 Å². The van der Waals surface area contributed by atoms with Crippen LogP contribution in [-0.2, 0) is 35.7 Å². The quantitative estimate of drug-likeness (QED) is 0.0468. The van der Waals surface area contributed by atoms with Crippen molar-refractivity contribution in [2.75, 3.05) is 32.1 Å². The molecule has 1 aromatic carbocycles. The molecule has 2 aromatic heterocycles. The summed E-state index contributed by atoms with van der Waals surface area (Å²) < 4.78 is 46.8. The van der Waals surface area contributed by atoms with Crippen molar-refractivity contribution in [2.24, 2.45) is 11.7 Å². The molecule has 1 saturated heterocycles. The van der Waals surface area contributed by atoms with Crippen molar-refractivity contribution in [1.29, 1.82) is 5.26 Å². The first-order valence-electron chi connectivity index (χ1n) is 21.4. The van der Waals surface area contributed by atoms with E-state index in [2.05, 4.69) is 17.0 Å². The summed E-state index contributed by atoms with van der Waals surface area (Å²) in [6.45, 7) is 4.33. The first kappa shape index (κ1) is 47.2. The number of hydrogen-bond donors (Lipinski definition) is 3. The van der Waals surface area contributed by atoms with Crippen molar-refractivity contribution < 1.29 is 32.6 Å².